The number of ether oxygens (including phenoxy) is 2. The number of fused-ring (bicyclic) bond motifs is 2. The van der Waals surface area contributed by atoms with Crippen molar-refractivity contribution in [3.63, 3.8) is 0 Å². The van der Waals surface area contributed by atoms with Gasteiger partial charge in [0.2, 0.25) is 6.79 Å². The molecule has 0 unspecified atom stereocenters. The van der Waals surface area contributed by atoms with Gasteiger partial charge < -0.3 is 19.2 Å². The van der Waals surface area contributed by atoms with E-state index in [1.165, 1.54) is 24.5 Å². The molecule has 1 N–H and O–H groups in total. The number of nitrogens with zero attached hydrogens (tertiary/aromatic N) is 1. The molecule has 8 nitrogen and oxygen atoms in total. The molecule has 0 fully saturated rings. The van der Waals surface area contributed by atoms with Crippen molar-refractivity contribution in [3.05, 3.63) is 58.3 Å². The monoisotopic (exact) mass is 326 g/mol. The Balaban J connectivity index is 1.65. The van der Waals surface area contributed by atoms with Crippen LogP contribution in [0.15, 0.2) is 47.1 Å². The number of benzene rings is 2. The Hall–Kier alpha value is -3.55. The average Bonchev–Trinajstić information content (AvgIpc) is 3.20. The van der Waals surface area contributed by atoms with E-state index in [-0.39, 0.29) is 18.0 Å². The summed E-state index contributed by atoms with van der Waals surface area (Å²) < 4.78 is 15.8. The van der Waals surface area contributed by atoms with E-state index in [1.54, 1.807) is 18.2 Å². The summed E-state index contributed by atoms with van der Waals surface area (Å²) in [5.41, 5.74) is 1.02. The molecule has 2 heterocycles. The topological polar surface area (TPSA) is 104 Å². The van der Waals surface area contributed by atoms with Crippen LogP contribution in [0.2, 0.25) is 0 Å². The van der Waals surface area contributed by atoms with E-state index in [0.29, 0.717) is 28.2 Å². The molecule has 2 aromatic carbocycles. The minimum atomic E-state index is -0.522. The van der Waals surface area contributed by atoms with Gasteiger partial charge in [0.15, 0.2) is 11.5 Å². The first-order valence-corrected chi connectivity index (χ1v) is 6.98. The van der Waals surface area contributed by atoms with Crippen molar-refractivity contribution in [3.8, 4) is 11.5 Å². The highest BCUT2D eigenvalue weighted by Crippen LogP contribution is 2.34. The van der Waals surface area contributed by atoms with E-state index in [4.69, 9.17) is 13.9 Å². The summed E-state index contributed by atoms with van der Waals surface area (Å²) in [6, 6.07) is 9.11. The second-order valence-electron chi connectivity index (χ2n) is 5.11. The van der Waals surface area contributed by atoms with Crippen molar-refractivity contribution in [1.29, 1.82) is 0 Å². The van der Waals surface area contributed by atoms with Crippen molar-refractivity contribution in [1.82, 2.24) is 0 Å². The third-order valence-electron chi connectivity index (χ3n) is 3.64. The molecule has 120 valence electrons. The molecule has 0 saturated carbocycles. The summed E-state index contributed by atoms with van der Waals surface area (Å²) >= 11 is 0. The number of furan rings is 1. The SMILES string of the molecule is O=C(Nc1ccc2c(c1)OCO2)c1coc2ccc([N+](=O)[O-])cc12. The van der Waals surface area contributed by atoms with Crippen LogP contribution in [0.1, 0.15) is 10.4 Å². The predicted molar refractivity (Wildman–Crippen MR) is 83.4 cm³/mol. The Morgan fingerprint density at radius 1 is 1.12 bits per heavy atom. The molecule has 1 aromatic heterocycles. The van der Waals surface area contributed by atoms with Crippen LogP contribution >= 0.6 is 0 Å². The minimum Gasteiger partial charge on any atom is -0.463 e. The third kappa shape index (κ3) is 2.30. The highest BCUT2D eigenvalue weighted by molar-refractivity contribution is 6.12. The Labute approximate surface area is 134 Å². The van der Waals surface area contributed by atoms with E-state index in [2.05, 4.69) is 5.32 Å². The fourth-order valence-corrected chi connectivity index (χ4v) is 2.48. The molecule has 0 atom stereocenters. The molecule has 3 aromatic rings. The number of anilines is 1. The lowest BCUT2D eigenvalue weighted by Gasteiger charge is -2.05. The van der Waals surface area contributed by atoms with E-state index in [0.717, 1.165) is 0 Å². The Morgan fingerprint density at radius 3 is 2.79 bits per heavy atom. The molecule has 0 spiro atoms. The molecule has 8 heteroatoms. The summed E-state index contributed by atoms with van der Waals surface area (Å²) in [5.74, 6) is 0.714. The number of amides is 1. The van der Waals surface area contributed by atoms with Crippen LogP contribution < -0.4 is 14.8 Å². The van der Waals surface area contributed by atoms with Gasteiger partial charge in [0.25, 0.3) is 11.6 Å². The van der Waals surface area contributed by atoms with Gasteiger partial charge in [0.1, 0.15) is 11.8 Å². The first-order chi connectivity index (χ1) is 11.6. The standard InChI is InChI=1S/C16H10N2O6/c19-16(17-9-1-3-14-15(5-9)24-8-23-14)12-7-22-13-4-2-10(18(20)21)6-11(12)13/h1-7H,8H2,(H,17,19). The number of nitrogens with one attached hydrogen (secondary N) is 1. The van der Waals surface area contributed by atoms with Gasteiger partial charge >= 0.3 is 0 Å². The predicted octanol–water partition coefficient (Wildman–Crippen LogP) is 3.32. The quantitative estimate of drug-likeness (QED) is 0.585. The number of nitro benzene ring substituents is 1. The number of hydrogen-bond donors (Lipinski definition) is 1. The third-order valence-corrected chi connectivity index (χ3v) is 3.64. The number of carbonyl (C=O) groups excluding carboxylic acids is 1. The van der Waals surface area contributed by atoms with Crippen molar-refractivity contribution in [2.75, 3.05) is 12.1 Å². The zero-order valence-corrected chi connectivity index (χ0v) is 12.1. The number of rotatable bonds is 3. The van der Waals surface area contributed by atoms with Crippen LogP contribution in [-0.4, -0.2) is 17.6 Å². The lowest BCUT2D eigenvalue weighted by molar-refractivity contribution is -0.384. The van der Waals surface area contributed by atoms with Gasteiger partial charge in [-0.05, 0) is 18.2 Å². The van der Waals surface area contributed by atoms with Crippen molar-refractivity contribution in [2.45, 2.75) is 0 Å². The van der Waals surface area contributed by atoms with Crippen LogP contribution in [0.25, 0.3) is 11.0 Å². The first-order valence-electron chi connectivity index (χ1n) is 6.98. The largest absolute Gasteiger partial charge is 0.463 e. The number of non-ortho nitro benzene ring substituents is 1. The fourth-order valence-electron chi connectivity index (χ4n) is 2.48. The molecular weight excluding hydrogens is 316 g/mol. The van der Waals surface area contributed by atoms with Crippen LogP contribution in [0.5, 0.6) is 11.5 Å². The second-order valence-corrected chi connectivity index (χ2v) is 5.11. The van der Waals surface area contributed by atoms with E-state index < -0.39 is 10.8 Å². The molecule has 0 aliphatic carbocycles. The molecular formula is C16H10N2O6. The molecule has 1 aliphatic rings. The van der Waals surface area contributed by atoms with Crippen molar-refractivity contribution >= 4 is 28.3 Å². The summed E-state index contributed by atoms with van der Waals surface area (Å²) in [7, 11) is 0. The molecule has 4 rings (SSSR count). The van der Waals surface area contributed by atoms with Crippen molar-refractivity contribution < 1.29 is 23.6 Å². The molecule has 0 radical (unpaired) electrons. The van der Waals surface area contributed by atoms with Crippen LogP contribution in [0.4, 0.5) is 11.4 Å². The first kappa shape index (κ1) is 14.1. The van der Waals surface area contributed by atoms with E-state index in [9.17, 15) is 14.9 Å². The summed E-state index contributed by atoms with van der Waals surface area (Å²) in [4.78, 5) is 22.8. The number of hydrogen-bond acceptors (Lipinski definition) is 6. The maximum absolute atomic E-state index is 12.5. The van der Waals surface area contributed by atoms with E-state index >= 15 is 0 Å². The highest BCUT2D eigenvalue weighted by Gasteiger charge is 2.19. The van der Waals surface area contributed by atoms with Gasteiger partial charge in [-0.15, -0.1) is 0 Å². The molecule has 0 bridgehead atoms. The Kier molecular flexibility index (Phi) is 3.09. The normalized spacial score (nSPS) is 12.3. The molecule has 24 heavy (non-hydrogen) atoms. The fraction of sp³-hybridized carbons (Fsp3) is 0.0625. The lowest BCUT2D eigenvalue weighted by Crippen LogP contribution is -2.11. The smallest absolute Gasteiger partial charge is 0.270 e. The zero-order valence-electron chi connectivity index (χ0n) is 12.1. The van der Waals surface area contributed by atoms with Gasteiger partial charge in [-0.3, -0.25) is 14.9 Å². The summed E-state index contributed by atoms with van der Waals surface area (Å²) in [6.07, 6.45) is 1.27. The Morgan fingerprint density at radius 2 is 1.96 bits per heavy atom. The summed E-state index contributed by atoms with van der Waals surface area (Å²) in [5, 5.41) is 14.0. The zero-order chi connectivity index (χ0) is 16.7. The van der Waals surface area contributed by atoms with Crippen LogP contribution in [0.3, 0.4) is 0 Å². The minimum absolute atomic E-state index is 0.110. The lowest BCUT2D eigenvalue weighted by atomic mass is 10.1. The molecule has 1 amide bonds. The number of carbonyl (C=O) groups is 1. The second kappa shape index (κ2) is 5.27. The summed E-state index contributed by atoms with van der Waals surface area (Å²) in [6.45, 7) is 0.142. The van der Waals surface area contributed by atoms with Crippen molar-refractivity contribution in [2.24, 2.45) is 0 Å². The molecule has 1 aliphatic heterocycles. The van der Waals surface area contributed by atoms with Crippen LogP contribution in [0, 0.1) is 10.1 Å². The van der Waals surface area contributed by atoms with Gasteiger partial charge in [-0.1, -0.05) is 0 Å². The van der Waals surface area contributed by atoms with Gasteiger partial charge in [0, 0.05) is 29.3 Å². The molecule has 0 saturated heterocycles. The maximum Gasteiger partial charge on any atom is 0.270 e. The van der Waals surface area contributed by atoms with E-state index in [1.807, 2.05) is 0 Å². The van der Waals surface area contributed by atoms with Gasteiger partial charge in [0.05, 0.1) is 10.5 Å². The maximum atomic E-state index is 12.5. The highest BCUT2D eigenvalue weighted by atomic mass is 16.7. The average molecular weight is 326 g/mol. The Bertz CT molecular complexity index is 978. The van der Waals surface area contributed by atoms with Crippen LogP contribution in [-0.2, 0) is 0 Å². The van der Waals surface area contributed by atoms with Gasteiger partial charge in [-0.25, -0.2) is 0 Å². The van der Waals surface area contributed by atoms with Gasteiger partial charge in [-0.2, -0.15) is 0 Å². The number of nitro groups is 1.